The van der Waals surface area contributed by atoms with Crippen LogP contribution in [-0.2, 0) is 4.74 Å². The number of ether oxygens (including phenoxy) is 1. The van der Waals surface area contributed by atoms with E-state index in [-0.39, 0.29) is 17.2 Å². The van der Waals surface area contributed by atoms with E-state index in [0.717, 1.165) is 0 Å². The summed E-state index contributed by atoms with van der Waals surface area (Å²) in [6.45, 7) is 3.09. The Morgan fingerprint density at radius 1 is 0.966 bits per heavy atom. The summed E-state index contributed by atoms with van der Waals surface area (Å²) in [4.78, 5) is 34.0. The summed E-state index contributed by atoms with van der Waals surface area (Å²) < 4.78 is 4.94. The second kappa shape index (κ2) is 8.26. The highest BCUT2D eigenvalue weighted by Gasteiger charge is 2.26. The number of amides is 2. The van der Waals surface area contributed by atoms with Gasteiger partial charge in [-0.05, 0) is 30.3 Å². The van der Waals surface area contributed by atoms with Crippen molar-refractivity contribution in [3.63, 3.8) is 0 Å². The Hall–Kier alpha value is -2.22. The zero-order chi connectivity index (χ0) is 20.5. The maximum Gasteiger partial charge on any atom is 0.414 e. The summed E-state index contributed by atoms with van der Waals surface area (Å²) >= 11 is 18.2. The molecule has 0 aliphatic carbocycles. The number of carbonyl (C=O) groups is 2. The molecule has 2 amide bonds. The standard InChI is InChI=1S/C19H17Cl3N4O3/c20-14-11-15(21)17(23-16(14)22)24-5-7-25(8-6-24)18(27)12-1-3-13(4-2-12)26-9-10-29-19(26)28/h1-4,11H,5-10H2. The number of carbonyl (C=O) groups excluding carboxylic acids is 2. The molecule has 4 rings (SSSR count). The molecule has 0 N–H and O–H groups in total. The molecular formula is C19H17Cl3N4O3. The third kappa shape index (κ3) is 4.08. The lowest BCUT2D eigenvalue weighted by Crippen LogP contribution is -2.49. The summed E-state index contributed by atoms with van der Waals surface area (Å²) in [6, 6.07) is 8.55. The molecule has 29 heavy (non-hydrogen) atoms. The summed E-state index contributed by atoms with van der Waals surface area (Å²) in [6.07, 6.45) is -0.366. The van der Waals surface area contributed by atoms with Gasteiger partial charge in [-0.2, -0.15) is 0 Å². The number of benzene rings is 1. The monoisotopic (exact) mass is 454 g/mol. The fourth-order valence-corrected chi connectivity index (χ4v) is 3.99. The topological polar surface area (TPSA) is 66.0 Å². The van der Waals surface area contributed by atoms with E-state index < -0.39 is 0 Å². The number of halogens is 3. The lowest BCUT2D eigenvalue weighted by molar-refractivity contribution is 0.0746. The molecule has 2 aliphatic heterocycles. The predicted octanol–water partition coefficient (Wildman–Crippen LogP) is 3.96. The quantitative estimate of drug-likeness (QED) is 0.656. The highest BCUT2D eigenvalue weighted by Crippen LogP contribution is 2.31. The minimum atomic E-state index is -0.366. The van der Waals surface area contributed by atoms with E-state index in [1.165, 1.54) is 0 Å². The van der Waals surface area contributed by atoms with Gasteiger partial charge in [0.25, 0.3) is 5.91 Å². The van der Waals surface area contributed by atoms with E-state index >= 15 is 0 Å². The maximum absolute atomic E-state index is 12.8. The molecule has 0 bridgehead atoms. The van der Waals surface area contributed by atoms with Crippen LogP contribution in [0.2, 0.25) is 15.2 Å². The number of nitrogens with zero attached hydrogens (tertiary/aromatic N) is 4. The lowest BCUT2D eigenvalue weighted by atomic mass is 10.1. The van der Waals surface area contributed by atoms with Gasteiger partial charge in [0, 0.05) is 37.4 Å². The van der Waals surface area contributed by atoms with Crippen molar-refractivity contribution in [3.05, 3.63) is 51.1 Å². The van der Waals surface area contributed by atoms with Crippen LogP contribution in [0.4, 0.5) is 16.3 Å². The Morgan fingerprint density at radius 3 is 2.28 bits per heavy atom. The zero-order valence-corrected chi connectivity index (χ0v) is 17.5. The number of anilines is 2. The molecule has 2 aromatic rings. The SMILES string of the molecule is O=C(c1ccc(N2CCOC2=O)cc1)N1CCN(c2nc(Cl)c(Cl)cc2Cl)CC1. The average molecular weight is 456 g/mol. The van der Waals surface area contributed by atoms with Gasteiger partial charge in [0.2, 0.25) is 0 Å². The number of pyridine rings is 1. The number of rotatable bonds is 3. The van der Waals surface area contributed by atoms with E-state index in [1.54, 1.807) is 40.1 Å². The van der Waals surface area contributed by atoms with Crippen LogP contribution in [0.5, 0.6) is 0 Å². The summed E-state index contributed by atoms with van der Waals surface area (Å²) in [5, 5.41) is 0.932. The second-order valence-corrected chi connectivity index (χ2v) is 7.83. The van der Waals surface area contributed by atoms with Gasteiger partial charge in [-0.3, -0.25) is 9.69 Å². The molecule has 7 nitrogen and oxygen atoms in total. The summed E-state index contributed by atoms with van der Waals surface area (Å²) in [7, 11) is 0. The third-order valence-corrected chi connectivity index (χ3v) is 5.87. The number of hydrogen-bond acceptors (Lipinski definition) is 5. The van der Waals surface area contributed by atoms with E-state index in [2.05, 4.69) is 4.98 Å². The fraction of sp³-hybridized carbons (Fsp3) is 0.316. The van der Waals surface area contributed by atoms with Crippen molar-refractivity contribution in [2.24, 2.45) is 0 Å². The first-order chi connectivity index (χ1) is 13.9. The normalized spacial score (nSPS) is 16.9. The predicted molar refractivity (Wildman–Crippen MR) is 113 cm³/mol. The van der Waals surface area contributed by atoms with Crippen LogP contribution in [0.25, 0.3) is 0 Å². The van der Waals surface area contributed by atoms with Gasteiger partial charge < -0.3 is 14.5 Å². The van der Waals surface area contributed by atoms with Gasteiger partial charge in [0.05, 0.1) is 16.6 Å². The van der Waals surface area contributed by atoms with Crippen LogP contribution in [0.15, 0.2) is 30.3 Å². The van der Waals surface area contributed by atoms with Crippen molar-refractivity contribution < 1.29 is 14.3 Å². The minimum Gasteiger partial charge on any atom is -0.447 e. The molecule has 2 saturated heterocycles. The number of piperazine rings is 1. The minimum absolute atomic E-state index is 0.0617. The Balaban J connectivity index is 1.40. The molecule has 10 heteroatoms. The Labute approximate surface area is 182 Å². The lowest BCUT2D eigenvalue weighted by Gasteiger charge is -2.36. The summed E-state index contributed by atoms with van der Waals surface area (Å²) in [5.41, 5.74) is 1.29. The van der Waals surface area contributed by atoms with E-state index in [1.807, 2.05) is 4.90 Å². The van der Waals surface area contributed by atoms with Crippen LogP contribution >= 0.6 is 34.8 Å². The van der Waals surface area contributed by atoms with Gasteiger partial charge in [0.15, 0.2) is 0 Å². The van der Waals surface area contributed by atoms with Crippen molar-refractivity contribution in [3.8, 4) is 0 Å². The molecule has 2 aliphatic rings. The fourth-order valence-electron chi connectivity index (χ4n) is 3.37. The van der Waals surface area contributed by atoms with Gasteiger partial charge in [-0.25, -0.2) is 9.78 Å². The second-order valence-electron chi connectivity index (χ2n) is 6.66. The highest BCUT2D eigenvalue weighted by atomic mass is 35.5. The molecule has 3 heterocycles. The largest absolute Gasteiger partial charge is 0.447 e. The number of cyclic esters (lactones) is 1. The maximum atomic E-state index is 12.8. The first-order valence-electron chi connectivity index (χ1n) is 9.04. The number of aromatic nitrogens is 1. The third-order valence-electron chi connectivity index (χ3n) is 4.92. The van der Waals surface area contributed by atoms with Crippen molar-refractivity contribution in [1.82, 2.24) is 9.88 Å². The Morgan fingerprint density at radius 2 is 1.66 bits per heavy atom. The average Bonchev–Trinajstić information content (AvgIpc) is 3.16. The molecule has 152 valence electrons. The molecule has 0 unspecified atom stereocenters. The Kier molecular flexibility index (Phi) is 5.72. The van der Waals surface area contributed by atoms with E-state index in [0.29, 0.717) is 66.4 Å². The molecule has 0 atom stereocenters. The van der Waals surface area contributed by atoms with Crippen molar-refractivity contribution in [2.45, 2.75) is 0 Å². The molecule has 0 radical (unpaired) electrons. The van der Waals surface area contributed by atoms with Gasteiger partial charge in [0.1, 0.15) is 17.6 Å². The van der Waals surface area contributed by atoms with Crippen molar-refractivity contribution in [2.75, 3.05) is 49.1 Å². The van der Waals surface area contributed by atoms with Gasteiger partial charge in [-0.15, -0.1) is 0 Å². The van der Waals surface area contributed by atoms with Gasteiger partial charge in [-0.1, -0.05) is 34.8 Å². The van der Waals surface area contributed by atoms with Crippen molar-refractivity contribution >= 4 is 58.3 Å². The van der Waals surface area contributed by atoms with Gasteiger partial charge >= 0.3 is 6.09 Å². The van der Waals surface area contributed by atoms with Crippen LogP contribution in [0.3, 0.4) is 0 Å². The molecule has 1 aromatic heterocycles. The Bertz CT molecular complexity index is 946. The molecule has 2 fully saturated rings. The molecular weight excluding hydrogens is 439 g/mol. The first-order valence-corrected chi connectivity index (χ1v) is 10.2. The van der Waals surface area contributed by atoms with Crippen LogP contribution in [0, 0.1) is 0 Å². The van der Waals surface area contributed by atoms with Crippen LogP contribution in [0.1, 0.15) is 10.4 Å². The summed E-state index contributed by atoms with van der Waals surface area (Å²) in [5.74, 6) is 0.503. The highest BCUT2D eigenvalue weighted by molar-refractivity contribution is 6.42. The van der Waals surface area contributed by atoms with E-state index in [9.17, 15) is 9.59 Å². The molecule has 0 saturated carbocycles. The zero-order valence-electron chi connectivity index (χ0n) is 15.3. The number of hydrogen-bond donors (Lipinski definition) is 0. The smallest absolute Gasteiger partial charge is 0.414 e. The van der Waals surface area contributed by atoms with Crippen molar-refractivity contribution in [1.29, 1.82) is 0 Å². The molecule has 0 spiro atoms. The van der Waals surface area contributed by atoms with E-state index in [4.69, 9.17) is 39.5 Å². The van der Waals surface area contributed by atoms with Crippen LogP contribution in [-0.4, -0.2) is 61.2 Å². The first kappa shape index (κ1) is 20.1. The molecule has 1 aromatic carbocycles. The van der Waals surface area contributed by atoms with Crippen LogP contribution < -0.4 is 9.80 Å².